The second-order valence-corrected chi connectivity index (χ2v) is 4.43. The predicted octanol–water partition coefficient (Wildman–Crippen LogP) is 1.31. The highest BCUT2D eigenvalue weighted by Gasteiger charge is 2.35. The van der Waals surface area contributed by atoms with E-state index in [-0.39, 0.29) is 5.91 Å². The van der Waals surface area contributed by atoms with Crippen molar-refractivity contribution in [3.05, 3.63) is 18.3 Å². The molecule has 0 spiro atoms. The van der Waals surface area contributed by atoms with Gasteiger partial charge in [-0.2, -0.15) is 5.10 Å². The van der Waals surface area contributed by atoms with E-state index in [1.54, 1.807) is 12.1 Å². The number of nitrogens with zero attached hydrogens (tertiary/aromatic N) is 2. The summed E-state index contributed by atoms with van der Waals surface area (Å²) in [6.45, 7) is 0. The van der Waals surface area contributed by atoms with Gasteiger partial charge in [0.05, 0.1) is 11.8 Å². The van der Waals surface area contributed by atoms with E-state index in [0.717, 1.165) is 12.8 Å². The third-order valence-electron chi connectivity index (χ3n) is 3.24. The SMILES string of the molecule is O=C(O)[C@H]1CCCC[C@H]1C(=O)Nc1cccnn1. The monoisotopic (exact) mass is 249 g/mol. The van der Waals surface area contributed by atoms with E-state index in [1.807, 2.05) is 0 Å². The van der Waals surface area contributed by atoms with Gasteiger partial charge in [0.2, 0.25) is 5.91 Å². The average molecular weight is 249 g/mol. The maximum atomic E-state index is 12.0. The lowest BCUT2D eigenvalue weighted by Crippen LogP contribution is -2.36. The Bertz CT molecular complexity index is 435. The van der Waals surface area contributed by atoms with Gasteiger partial charge in [0.1, 0.15) is 0 Å². The minimum Gasteiger partial charge on any atom is -0.481 e. The lowest BCUT2D eigenvalue weighted by molar-refractivity contribution is -0.147. The van der Waals surface area contributed by atoms with Crippen LogP contribution in [0, 0.1) is 11.8 Å². The van der Waals surface area contributed by atoms with Crippen LogP contribution in [0.15, 0.2) is 18.3 Å². The van der Waals surface area contributed by atoms with Crippen LogP contribution in [0.4, 0.5) is 5.82 Å². The van der Waals surface area contributed by atoms with Gasteiger partial charge in [0, 0.05) is 6.20 Å². The van der Waals surface area contributed by atoms with E-state index in [0.29, 0.717) is 18.7 Å². The van der Waals surface area contributed by atoms with Gasteiger partial charge in [0.15, 0.2) is 5.82 Å². The van der Waals surface area contributed by atoms with Crippen molar-refractivity contribution in [2.24, 2.45) is 11.8 Å². The van der Waals surface area contributed by atoms with Gasteiger partial charge < -0.3 is 10.4 Å². The van der Waals surface area contributed by atoms with E-state index >= 15 is 0 Å². The smallest absolute Gasteiger partial charge is 0.307 e. The molecule has 0 unspecified atom stereocenters. The number of carbonyl (C=O) groups is 2. The van der Waals surface area contributed by atoms with Crippen LogP contribution >= 0.6 is 0 Å². The molecule has 6 heteroatoms. The van der Waals surface area contributed by atoms with Gasteiger partial charge in [0.25, 0.3) is 0 Å². The Hall–Kier alpha value is -1.98. The van der Waals surface area contributed by atoms with Crippen LogP contribution in [-0.2, 0) is 9.59 Å². The molecule has 18 heavy (non-hydrogen) atoms. The van der Waals surface area contributed by atoms with Crippen LogP contribution in [0.5, 0.6) is 0 Å². The largest absolute Gasteiger partial charge is 0.481 e. The highest BCUT2D eigenvalue weighted by Crippen LogP contribution is 2.31. The molecule has 1 aliphatic rings. The predicted molar refractivity (Wildman–Crippen MR) is 63.7 cm³/mol. The summed E-state index contributed by atoms with van der Waals surface area (Å²) in [7, 11) is 0. The van der Waals surface area contributed by atoms with Gasteiger partial charge >= 0.3 is 5.97 Å². The number of hydrogen-bond acceptors (Lipinski definition) is 4. The lowest BCUT2D eigenvalue weighted by Gasteiger charge is -2.27. The number of aromatic nitrogens is 2. The normalized spacial score (nSPS) is 23.3. The third-order valence-corrected chi connectivity index (χ3v) is 3.24. The zero-order valence-electron chi connectivity index (χ0n) is 9.87. The van der Waals surface area contributed by atoms with Crippen LogP contribution in [0.1, 0.15) is 25.7 Å². The highest BCUT2D eigenvalue weighted by atomic mass is 16.4. The van der Waals surface area contributed by atoms with Gasteiger partial charge in [-0.15, -0.1) is 5.10 Å². The quantitative estimate of drug-likeness (QED) is 0.842. The molecule has 2 N–H and O–H groups in total. The first-order valence-corrected chi connectivity index (χ1v) is 6.00. The molecule has 1 fully saturated rings. The van der Waals surface area contributed by atoms with Gasteiger partial charge in [-0.25, -0.2) is 0 Å². The first kappa shape index (κ1) is 12.5. The van der Waals surface area contributed by atoms with Crippen LogP contribution < -0.4 is 5.32 Å². The average Bonchev–Trinajstić information content (AvgIpc) is 2.40. The molecule has 1 amide bonds. The number of hydrogen-bond donors (Lipinski definition) is 2. The fourth-order valence-corrected chi connectivity index (χ4v) is 2.33. The summed E-state index contributed by atoms with van der Waals surface area (Å²) in [6, 6.07) is 3.29. The minimum absolute atomic E-state index is 0.275. The van der Waals surface area contributed by atoms with Gasteiger partial charge in [-0.3, -0.25) is 9.59 Å². The molecule has 1 aromatic heterocycles. The van der Waals surface area contributed by atoms with E-state index in [1.165, 1.54) is 6.20 Å². The number of aliphatic carboxylic acids is 1. The summed E-state index contributed by atoms with van der Waals surface area (Å²) >= 11 is 0. The molecule has 0 aliphatic heterocycles. The molecule has 6 nitrogen and oxygen atoms in total. The molecule has 96 valence electrons. The van der Waals surface area contributed by atoms with Crippen molar-refractivity contribution in [3.8, 4) is 0 Å². The Morgan fingerprint density at radius 3 is 2.61 bits per heavy atom. The van der Waals surface area contributed by atoms with Gasteiger partial charge in [-0.1, -0.05) is 12.8 Å². The maximum absolute atomic E-state index is 12.0. The van der Waals surface area contributed by atoms with Crippen molar-refractivity contribution >= 4 is 17.7 Å². The molecule has 2 atom stereocenters. The number of anilines is 1. The Morgan fingerprint density at radius 2 is 2.00 bits per heavy atom. The first-order valence-electron chi connectivity index (χ1n) is 6.00. The van der Waals surface area contributed by atoms with Crippen LogP contribution in [0.3, 0.4) is 0 Å². The van der Waals surface area contributed by atoms with Crippen molar-refractivity contribution in [1.82, 2.24) is 10.2 Å². The summed E-state index contributed by atoms with van der Waals surface area (Å²) in [5.41, 5.74) is 0. The fourth-order valence-electron chi connectivity index (χ4n) is 2.33. The molecular formula is C12H15N3O3. The van der Waals surface area contributed by atoms with Crippen molar-refractivity contribution < 1.29 is 14.7 Å². The molecule has 0 saturated heterocycles. The zero-order chi connectivity index (χ0) is 13.0. The molecular weight excluding hydrogens is 234 g/mol. The summed E-state index contributed by atoms with van der Waals surface area (Å²) in [5.74, 6) is -1.87. The summed E-state index contributed by atoms with van der Waals surface area (Å²) in [4.78, 5) is 23.2. The molecule has 0 aromatic carbocycles. The molecule has 0 bridgehead atoms. The number of carboxylic acids is 1. The summed E-state index contributed by atoms with van der Waals surface area (Å²) < 4.78 is 0. The van der Waals surface area contributed by atoms with Crippen molar-refractivity contribution in [1.29, 1.82) is 0 Å². The minimum atomic E-state index is -0.894. The van der Waals surface area contributed by atoms with E-state index in [2.05, 4.69) is 15.5 Å². The summed E-state index contributed by atoms with van der Waals surface area (Å²) in [5, 5.41) is 19.1. The Morgan fingerprint density at radius 1 is 1.28 bits per heavy atom. The second-order valence-electron chi connectivity index (χ2n) is 4.43. The Kier molecular flexibility index (Phi) is 3.86. The topological polar surface area (TPSA) is 92.2 Å². The van der Waals surface area contributed by atoms with E-state index in [4.69, 9.17) is 5.11 Å². The van der Waals surface area contributed by atoms with E-state index in [9.17, 15) is 9.59 Å². The Labute approximate surface area is 104 Å². The van der Waals surface area contributed by atoms with Crippen LogP contribution in [0.25, 0.3) is 0 Å². The number of rotatable bonds is 3. The maximum Gasteiger partial charge on any atom is 0.307 e. The number of carboxylic acid groups (broad SMARTS) is 1. The molecule has 1 heterocycles. The van der Waals surface area contributed by atoms with Crippen molar-refractivity contribution in [2.45, 2.75) is 25.7 Å². The lowest BCUT2D eigenvalue weighted by atomic mass is 9.79. The number of amides is 1. The van der Waals surface area contributed by atoms with Crippen LogP contribution in [-0.4, -0.2) is 27.2 Å². The molecule has 0 radical (unpaired) electrons. The second kappa shape index (κ2) is 5.57. The third kappa shape index (κ3) is 2.82. The number of carbonyl (C=O) groups excluding carboxylic acids is 1. The standard InChI is InChI=1S/C12H15N3O3/c16-11(14-10-6-3-7-13-15-10)8-4-1-2-5-9(8)12(17)18/h3,6-9H,1-2,4-5H2,(H,17,18)(H,14,15,16)/t8-,9+/m1/s1. The fraction of sp³-hybridized carbons (Fsp3) is 0.500. The number of nitrogens with one attached hydrogen (secondary N) is 1. The van der Waals surface area contributed by atoms with Crippen molar-refractivity contribution in [2.75, 3.05) is 5.32 Å². The van der Waals surface area contributed by atoms with Gasteiger partial charge in [-0.05, 0) is 25.0 Å². The molecule has 2 rings (SSSR count). The summed E-state index contributed by atoms with van der Waals surface area (Å²) in [6.07, 6.45) is 4.45. The highest BCUT2D eigenvalue weighted by molar-refractivity contribution is 5.94. The zero-order valence-corrected chi connectivity index (χ0v) is 9.87. The molecule has 1 saturated carbocycles. The Balaban J connectivity index is 2.05. The first-order chi connectivity index (χ1) is 8.68. The van der Waals surface area contributed by atoms with E-state index < -0.39 is 17.8 Å². The van der Waals surface area contributed by atoms with Crippen molar-refractivity contribution in [3.63, 3.8) is 0 Å². The van der Waals surface area contributed by atoms with Crippen LogP contribution in [0.2, 0.25) is 0 Å². The molecule has 1 aliphatic carbocycles. The molecule has 1 aromatic rings.